The van der Waals surface area contributed by atoms with Gasteiger partial charge in [-0.25, -0.2) is 18.0 Å². The smallest absolute Gasteiger partial charge is 0.346 e. The SMILES string of the molecule is O=C(O)C(CNC(=O)C1CC1c1cc(F)ccc1F)Oc1ccc(F)cc1. The molecule has 0 radical (unpaired) electrons. The summed E-state index contributed by atoms with van der Waals surface area (Å²) in [5.74, 6) is -4.28. The van der Waals surface area contributed by atoms with Gasteiger partial charge in [0.25, 0.3) is 0 Å². The summed E-state index contributed by atoms with van der Waals surface area (Å²) in [5, 5.41) is 11.7. The number of carboxylic acids is 1. The van der Waals surface area contributed by atoms with E-state index in [-0.39, 0.29) is 17.9 Å². The van der Waals surface area contributed by atoms with Gasteiger partial charge in [-0.2, -0.15) is 0 Å². The van der Waals surface area contributed by atoms with Gasteiger partial charge < -0.3 is 15.2 Å². The van der Waals surface area contributed by atoms with Gasteiger partial charge in [-0.05, 0) is 60.4 Å². The van der Waals surface area contributed by atoms with Gasteiger partial charge in [-0.15, -0.1) is 0 Å². The van der Waals surface area contributed by atoms with Crippen LogP contribution in [-0.4, -0.2) is 29.6 Å². The van der Waals surface area contributed by atoms with Gasteiger partial charge in [0.05, 0.1) is 6.54 Å². The number of carbonyl (C=O) groups excluding carboxylic acids is 1. The first-order valence-electron chi connectivity index (χ1n) is 8.23. The van der Waals surface area contributed by atoms with E-state index in [1.54, 1.807) is 0 Å². The zero-order chi connectivity index (χ0) is 19.6. The number of amides is 1. The number of hydrogen-bond acceptors (Lipinski definition) is 3. The number of aliphatic carboxylic acids is 1. The van der Waals surface area contributed by atoms with Gasteiger partial charge >= 0.3 is 5.97 Å². The van der Waals surface area contributed by atoms with E-state index in [9.17, 15) is 27.9 Å². The summed E-state index contributed by atoms with van der Waals surface area (Å²) in [6, 6.07) is 7.86. The number of rotatable bonds is 7. The Kier molecular flexibility index (Phi) is 5.34. The molecule has 3 atom stereocenters. The second-order valence-corrected chi connectivity index (χ2v) is 6.26. The van der Waals surface area contributed by atoms with E-state index in [4.69, 9.17) is 4.74 Å². The fourth-order valence-electron chi connectivity index (χ4n) is 2.81. The summed E-state index contributed by atoms with van der Waals surface area (Å²) >= 11 is 0. The van der Waals surface area contributed by atoms with Crippen molar-refractivity contribution < 1.29 is 32.6 Å². The van der Waals surface area contributed by atoms with E-state index in [0.717, 1.165) is 30.3 Å². The molecule has 5 nitrogen and oxygen atoms in total. The van der Waals surface area contributed by atoms with Crippen LogP contribution in [0.25, 0.3) is 0 Å². The van der Waals surface area contributed by atoms with Crippen molar-refractivity contribution in [2.24, 2.45) is 5.92 Å². The Morgan fingerprint density at radius 3 is 2.44 bits per heavy atom. The molecule has 1 aliphatic carbocycles. The molecule has 1 amide bonds. The Hall–Kier alpha value is -3.03. The number of ether oxygens (including phenoxy) is 1. The van der Waals surface area contributed by atoms with Crippen molar-refractivity contribution in [3.05, 3.63) is 65.5 Å². The number of hydrogen-bond donors (Lipinski definition) is 2. The van der Waals surface area contributed by atoms with Crippen LogP contribution in [0, 0.1) is 23.4 Å². The van der Waals surface area contributed by atoms with Gasteiger partial charge in [-0.1, -0.05) is 0 Å². The van der Waals surface area contributed by atoms with Crippen LogP contribution in [0.1, 0.15) is 17.9 Å². The molecule has 2 aromatic rings. The number of carboxylic acid groups (broad SMARTS) is 1. The number of nitrogens with one attached hydrogen (secondary N) is 1. The van der Waals surface area contributed by atoms with E-state index >= 15 is 0 Å². The lowest BCUT2D eigenvalue weighted by molar-refractivity contribution is -0.145. The van der Waals surface area contributed by atoms with Crippen molar-refractivity contribution in [3.63, 3.8) is 0 Å². The van der Waals surface area contributed by atoms with Gasteiger partial charge in [0.1, 0.15) is 23.2 Å². The lowest BCUT2D eigenvalue weighted by Crippen LogP contribution is -2.41. The molecule has 0 spiro atoms. The minimum absolute atomic E-state index is 0.132. The molecule has 3 rings (SSSR count). The molecule has 0 heterocycles. The van der Waals surface area contributed by atoms with Gasteiger partial charge in [-0.3, -0.25) is 4.79 Å². The molecule has 142 valence electrons. The Labute approximate surface area is 152 Å². The number of halogens is 3. The fraction of sp³-hybridized carbons (Fsp3) is 0.263. The van der Waals surface area contributed by atoms with Crippen LogP contribution in [-0.2, 0) is 9.59 Å². The summed E-state index contributed by atoms with van der Waals surface area (Å²) in [5.41, 5.74) is 0.132. The molecule has 0 aromatic heterocycles. The molecule has 1 saturated carbocycles. The normalized spacial score (nSPS) is 19.2. The summed E-state index contributed by atoms with van der Waals surface area (Å²) in [6.45, 7) is -0.319. The predicted octanol–water partition coefficient (Wildman–Crippen LogP) is 2.86. The first kappa shape index (κ1) is 18.8. The Balaban J connectivity index is 1.56. The fourth-order valence-corrected chi connectivity index (χ4v) is 2.81. The van der Waals surface area contributed by atoms with E-state index in [1.807, 2.05) is 0 Å². The van der Waals surface area contributed by atoms with E-state index < -0.39 is 47.3 Å². The minimum atomic E-state index is -1.37. The number of benzene rings is 2. The molecule has 1 aliphatic rings. The van der Waals surface area contributed by atoms with Crippen molar-refractivity contribution >= 4 is 11.9 Å². The van der Waals surface area contributed by atoms with Gasteiger partial charge in [0, 0.05) is 5.92 Å². The standard InChI is InChI=1S/C19H16F3NO4/c20-10-1-4-12(5-2-10)27-17(19(25)26)9-23-18(24)15-8-13(15)14-7-11(21)3-6-16(14)22/h1-7,13,15,17H,8-9H2,(H,23,24)(H,25,26). The molecule has 0 aliphatic heterocycles. The maximum absolute atomic E-state index is 13.8. The monoisotopic (exact) mass is 379 g/mol. The highest BCUT2D eigenvalue weighted by Crippen LogP contribution is 2.48. The van der Waals surface area contributed by atoms with Gasteiger partial charge in [0.15, 0.2) is 0 Å². The third kappa shape index (κ3) is 4.58. The minimum Gasteiger partial charge on any atom is -0.478 e. The highest BCUT2D eigenvalue weighted by Gasteiger charge is 2.45. The highest BCUT2D eigenvalue weighted by molar-refractivity contribution is 5.83. The molecule has 27 heavy (non-hydrogen) atoms. The van der Waals surface area contributed by atoms with Crippen molar-refractivity contribution in [1.82, 2.24) is 5.32 Å². The molecule has 3 unspecified atom stereocenters. The zero-order valence-electron chi connectivity index (χ0n) is 14.0. The van der Waals surface area contributed by atoms with Crippen molar-refractivity contribution in [2.75, 3.05) is 6.54 Å². The van der Waals surface area contributed by atoms with Crippen LogP contribution in [0.4, 0.5) is 13.2 Å². The molecule has 0 saturated heterocycles. The second-order valence-electron chi connectivity index (χ2n) is 6.26. The molecular weight excluding hydrogens is 363 g/mol. The summed E-state index contributed by atoms with van der Waals surface area (Å²) in [4.78, 5) is 23.5. The first-order valence-corrected chi connectivity index (χ1v) is 8.23. The summed E-state index contributed by atoms with van der Waals surface area (Å²) in [6.07, 6.45) is -1.02. The van der Waals surface area contributed by atoms with Crippen LogP contribution in [0.5, 0.6) is 5.75 Å². The predicted molar refractivity (Wildman–Crippen MR) is 88.7 cm³/mol. The molecular formula is C19H16F3NO4. The molecule has 1 fully saturated rings. The molecule has 2 N–H and O–H groups in total. The third-order valence-electron chi connectivity index (χ3n) is 4.31. The van der Waals surface area contributed by atoms with Crippen LogP contribution >= 0.6 is 0 Å². The molecule has 0 bridgehead atoms. The van der Waals surface area contributed by atoms with E-state index in [0.29, 0.717) is 6.42 Å². The molecule has 8 heteroatoms. The lowest BCUT2D eigenvalue weighted by Gasteiger charge is -2.16. The Bertz CT molecular complexity index is 857. The lowest BCUT2D eigenvalue weighted by atomic mass is 10.1. The first-order chi connectivity index (χ1) is 12.8. The van der Waals surface area contributed by atoms with Crippen molar-refractivity contribution in [2.45, 2.75) is 18.4 Å². The topological polar surface area (TPSA) is 75.6 Å². The van der Waals surface area contributed by atoms with Crippen molar-refractivity contribution in [3.8, 4) is 5.75 Å². The Morgan fingerprint density at radius 1 is 1.11 bits per heavy atom. The van der Waals surface area contributed by atoms with Crippen LogP contribution in [0.3, 0.4) is 0 Å². The van der Waals surface area contributed by atoms with Crippen LogP contribution in [0.15, 0.2) is 42.5 Å². The third-order valence-corrected chi connectivity index (χ3v) is 4.31. The van der Waals surface area contributed by atoms with E-state index in [1.165, 1.54) is 12.1 Å². The quantitative estimate of drug-likeness (QED) is 0.776. The maximum Gasteiger partial charge on any atom is 0.346 e. The van der Waals surface area contributed by atoms with E-state index in [2.05, 4.69) is 5.32 Å². The summed E-state index contributed by atoms with van der Waals surface area (Å²) < 4.78 is 45.2. The zero-order valence-corrected chi connectivity index (χ0v) is 14.0. The van der Waals surface area contributed by atoms with Crippen LogP contribution in [0.2, 0.25) is 0 Å². The Morgan fingerprint density at radius 2 is 1.78 bits per heavy atom. The van der Waals surface area contributed by atoms with Gasteiger partial charge in [0.2, 0.25) is 12.0 Å². The molecule has 2 aromatic carbocycles. The largest absolute Gasteiger partial charge is 0.478 e. The maximum atomic E-state index is 13.8. The summed E-state index contributed by atoms with van der Waals surface area (Å²) in [7, 11) is 0. The van der Waals surface area contributed by atoms with Crippen molar-refractivity contribution in [1.29, 1.82) is 0 Å². The second kappa shape index (κ2) is 7.69. The highest BCUT2D eigenvalue weighted by atomic mass is 19.1. The number of carbonyl (C=O) groups is 2. The average Bonchev–Trinajstić information content (AvgIpc) is 3.42. The van der Waals surface area contributed by atoms with Crippen LogP contribution < -0.4 is 10.1 Å². The average molecular weight is 379 g/mol.